The fourth-order valence-corrected chi connectivity index (χ4v) is 3.40. The Morgan fingerprint density at radius 3 is 1.50 bits per heavy atom. The number of carbonyl (C=O) groups is 1. The zero-order valence-corrected chi connectivity index (χ0v) is 18.5. The SMILES string of the molecule is CCCCCCCCCCCCCCCCCC(=O)NCC(C)S(=O)(=O)O.[KH]. The van der Waals surface area contributed by atoms with Crippen LogP contribution in [0, 0.1) is 0 Å². The van der Waals surface area contributed by atoms with Gasteiger partial charge in [-0.1, -0.05) is 96.8 Å². The van der Waals surface area contributed by atoms with Crippen molar-refractivity contribution in [1.29, 1.82) is 0 Å². The van der Waals surface area contributed by atoms with Crippen molar-refractivity contribution in [1.82, 2.24) is 5.32 Å². The summed E-state index contributed by atoms with van der Waals surface area (Å²) >= 11 is 0. The van der Waals surface area contributed by atoms with E-state index >= 15 is 0 Å². The average molecular weight is 446 g/mol. The molecule has 28 heavy (non-hydrogen) atoms. The van der Waals surface area contributed by atoms with E-state index in [9.17, 15) is 13.2 Å². The van der Waals surface area contributed by atoms with Gasteiger partial charge in [-0.15, -0.1) is 0 Å². The van der Waals surface area contributed by atoms with Gasteiger partial charge in [-0.2, -0.15) is 8.42 Å². The van der Waals surface area contributed by atoms with Crippen molar-refractivity contribution >= 4 is 67.4 Å². The summed E-state index contributed by atoms with van der Waals surface area (Å²) in [5.74, 6) is -0.139. The zero-order chi connectivity index (χ0) is 20.4. The van der Waals surface area contributed by atoms with E-state index in [1.165, 1.54) is 84.0 Å². The van der Waals surface area contributed by atoms with E-state index in [0.29, 0.717) is 6.42 Å². The van der Waals surface area contributed by atoms with Crippen LogP contribution in [0.5, 0.6) is 0 Å². The molecular formula is C21H44KNO4S. The van der Waals surface area contributed by atoms with Gasteiger partial charge in [0.25, 0.3) is 10.1 Å². The van der Waals surface area contributed by atoms with Crippen LogP contribution in [0.1, 0.15) is 117 Å². The zero-order valence-electron chi connectivity index (χ0n) is 17.7. The predicted molar refractivity (Wildman–Crippen MR) is 121 cm³/mol. The molecule has 0 fully saturated rings. The van der Waals surface area contributed by atoms with E-state index in [1.54, 1.807) is 0 Å². The molecule has 0 radical (unpaired) electrons. The number of unbranched alkanes of at least 4 members (excludes halogenated alkanes) is 14. The standard InChI is InChI=1S/C21H43NO4S.K.H/c1-3-4-5-6-7-8-9-10-11-12-13-14-15-16-17-18-21(23)22-19-20(2)27(24,25)26;;/h20H,3-19H2,1-2H3,(H,22,23)(H,24,25,26);;. The molecule has 0 spiro atoms. The Morgan fingerprint density at radius 1 is 0.786 bits per heavy atom. The van der Waals surface area contributed by atoms with Gasteiger partial charge in [0.1, 0.15) is 5.25 Å². The molecule has 0 heterocycles. The molecule has 0 aromatic rings. The van der Waals surface area contributed by atoms with Crippen molar-refractivity contribution in [2.24, 2.45) is 0 Å². The number of rotatable bonds is 19. The Morgan fingerprint density at radius 2 is 1.14 bits per heavy atom. The van der Waals surface area contributed by atoms with Gasteiger partial charge in [-0.25, -0.2) is 0 Å². The second kappa shape index (κ2) is 21.3. The van der Waals surface area contributed by atoms with Gasteiger partial charge in [0.05, 0.1) is 0 Å². The molecular weight excluding hydrogens is 401 g/mol. The first-order valence-corrected chi connectivity index (χ1v) is 12.6. The molecule has 0 aliphatic rings. The topological polar surface area (TPSA) is 83.5 Å². The molecule has 1 unspecified atom stereocenters. The molecule has 2 N–H and O–H groups in total. The average Bonchev–Trinajstić information content (AvgIpc) is 2.62. The Bertz CT molecular complexity index is 457. The third-order valence-electron chi connectivity index (χ3n) is 5.10. The van der Waals surface area contributed by atoms with Crippen molar-refractivity contribution in [2.45, 2.75) is 122 Å². The summed E-state index contributed by atoms with van der Waals surface area (Å²) in [6, 6.07) is 0. The minimum atomic E-state index is -4.06. The Balaban J connectivity index is 0. The van der Waals surface area contributed by atoms with Gasteiger partial charge in [0, 0.05) is 13.0 Å². The van der Waals surface area contributed by atoms with E-state index in [0.717, 1.165) is 19.3 Å². The summed E-state index contributed by atoms with van der Waals surface area (Å²) in [5.41, 5.74) is 0. The second-order valence-corrected chi connectivity index (χ2v) is 9.66. The van der Waals surface area contributed by atoms with Gasteiger partial charge in [-0.3, -0.25) is 9.35 Å². The van der Waals surface area contributed by atoms with E-state index in [-0.39, 0.29) is 63.8 Å². The first-order chi connectivity index (χ1) is 12.9. The molecule has 164 valence electrons. The third-order valence-corrected chi connectivity index (χ3v) is 6.29. The van der Waals surface area contributed by atoms with Gasteiger partial charge in [-0.05, 0) is 13.3 Å². The van der Waals surface area contributed by atoms with E-state index in [4.69, 9.17) is 4.55 Å². The van der Waals surface area contributed by atoms with Crippen molar-refractivity contribution < 1.29 is 17.8 Å². The minimum absolute atomic E-state index is 0. The normalized spacial score (nSPS) is 12.4. The van der Waals surface area contributed by atoms with Crippen molar-refractivity contribution in [3.8, 4) is 0 Å². The number of nitrogens with one attached hydrogen (secondary N) is 1. The van der Waals surface area contributed by atoms with Gasteiger partial charge >= 0.3 is 51.4 Å². The summed E-state index contributed by atoms with van der Waals surface area (Å²) in [6.07, 6.45) is 19.7. The Kier molecular flexibility index (Phi) is 23.7. The van der Waals surface area contributed by atoms with Crippen LogP contribution in [0.4, 0.5) is 0 Å². The van der Waals surface area contributed by atoms with Crippen LogP contribution in [0.15, 0.2) is 0 Å². The van der Waals surface area contributed by atoms with Crippen LogP contribution >= 0.6 is 0 Å². The molecule has 0 aromatic heterocycles. The van der Waals surface area contributed by atoms with Gasteiger partial charge in [0.2, 0.25) is 5.91 Å². The van der Waals surface area contributed by atoms with E-state index in [1.807, 2.05) is 0 Å². The Labute approximate surface area is 216 Å². The predicted octanol–water partition coefficient (Wildman–Crippen LogP) is 4.99. The van der Waals surface area contributed by atoms with Crippen LogP contribution in [-0.4, -0.2) is 82.1 Å². The number of hydrogen-bond acceptors (Lipinski definition) is 3. The van der Waals surface area contributed by atoms with Crippen LogP contribution in [0.2, 0.25) is 0 Å². The first-order valence-electron chi connectivity index (χ1n) is 11.1. The monoisotopic (exact) mass is 445 g/mol. The molecule has 1 atom stereocenters. The fourth-order valence-electron chi connectivity index (χ4n) is 3.11. The number of carbonyl (C=O) groups excluding carboxylic acids is 1. The van der Waals surface area contributed by atoms with E-state index in [2.05, 4.69) is 12.2 Å². The van der Waals surface area contributed by atoms with Crippen molar-refractivity contribution in [3.05, 3.63) is 0 Å². The van der Waals surface area contributed by atoms with Crippen LogP contribution in [0.3, 0.4) is 0 Å². The quantitative estimate of drug-likeness (QED) is 0.167. The fraction of sp³-hybridized carbons (Fsp3) is 0.952. The molecule has 1 amide bonds. The summed E-state index contributed by atoms with van der Waals surface area (Å²) in [5, 5.41) is 1.60. The van der Waals surface area contributed by atoms with Crippen LogP contribution < -0.4 is 5.32 Å². The molecule has 0 aliphatic heterocycles. The molecule has 0 saturated heterocycles. The van der Waals surface area contributed by atoms with Gasteiger partial charge in [0.15, 0.2) is 0 Å². The second-order valence-electron chi connectivity index (χ2n) is 7.83. The molecule has 0 bridgehead atoms. The van der Waals surface area contributed by atoms with E-state index < -0.39 is 15.4 Å². The maximum absolute atomic E-state index is 11.6. The van der Waals surface area contributed by atoms with Crippen molar-refractivity contribution in [2.75, 3.05) is 6.54 Å². The first kappa shape index (κ1) is 31.2. The summed E-state index contributed by atoms with van der Waals surface area (Å²) in [4.78, 5) is 11.6. The molecule has 5 nitrogen and oxygen atoms in total. The van der Waals surface area contributed by atoms with Crippen molar-refractivity contribution in [3.63, 3.8) is 0 Å². The summed E-state index contributed by atoms with van der Waals surface area (Å²) in [6.45, 7) is 3.61. The molecule has 0 aliphatic carbocycles. The molecule has 0 aromatic carbocycles. The number of hydrogen-bond donors (Lipinski definition) is 2. The maximum atomic E-state index is 11.6. The van der Waals surface area contributed by atoms with Crippen LogP contribution in [0.25, 0.3) is 0 Å². The van der Waals surface area contributed by atoms with Gasteiger partial charge < -0.3 is 5.32 Å². The number of amides is 1. The summed E-state index contributed by atoms with van der Waals surface area (Å²) in [7, 11) is -4.06. The third kappa shape index (κ3) is 21.7. The molecule has 7 heteroatoms. The van der Waals surface area contributed by atoms with Crippen LogP contribution in [-0.2, 0) is 14.9 Å². The Hall–Kier alpha value is 1.02. The summed E-state index contributed by atoms with van der Waals surface area (Å²) < 4.78 is 30.5. The molecule has 0 rings (SSSR count). The molecule has 0 saturated carbocycles.